The zero-order chi connectivity index (χ0) is 7.68. The Balaban J connectivity index is 1.91. The summed E-state index contributed by atoms with van der Waals surface area (Å²) in [6, 6.07) is 0. The second-order valence-electron chi connectivity index (χ2n) is 4.03. The van der Waals surface area contributed by atoms with E-state index in [4.69, 9.17) is 0 Å². The lowest BCUT2D eigenvalue weighted by atomic mass is 10.1. The van der Waals surface area contributed by atoms with Crippen LogP contribution in [0.4, 0.5) is 0 Å². The Morgan fingerprint density at radius 1 is 1.09 bits per heavy atom. The van der Waals surface area contributed by atoms with Gasteiger partial charge >= 0.3 is 0 Å². The molecule has 0 amide bonds. The standard InChI is InChI=1S/C11H18/c1-2-9-10-7-5-3-4-6-8-11(9)10/h3-4,9-11H,2,5-8H2,1H3/b4-3-. The molecule has 11 heavy (non-hydrogen) atoms. The fourth-order valence-electron chi connectivity index (χ4n) is 2.80. The van der Waals surface area contributed by atoms with Crippen LogP contribution < -0.4 is 0 Å². The molecule has 0 heterocycles. The molecule has 0 N–H and O–H groups in total. The zero-order valence-electron chi connectivity index (χ0n) is 7.42. The van der Waals surface area contributed by atoms with Crippen molar-refractivity contribution in [3.8, 4) is 0 Å². The van der Waals surface area contributed by atoms with E-state index in [1.165, 1.54) is 32.1 Å². The lowest BCUT2D eigenvalue weighted by molar-refractivity contribution is 0.605. The van der Waals surface area contributed by atoms with Crippen molar-refractivity contribution in [3.05, 3.63) is 12.2 Å². The normalized spacial score (nSPS) is 45.4. The van der Waals surface area contributed by atoms with Crippen molar-refractivity contribution < 1.29 is 0 Å². The van der Waals surface area contributed by atoms with Gasteiger partial charge in [0.15, 0.2) is 0 Å². The molecule has 0 saturated heterocycles. The van der Waals surface area contributed by atoms with Crippen LogP contribution in [0.3, 0.4) is 0 Å². The van der Waals surface area contributed by atoms with E-state index in [0.29, 0.717) is 0 Å². The predicted molar refractivity (Wildman–Crippen MR) is 48.4 cm³/mol. The van der Waals surface area contributed by atoms with Crippen LogP contribution in [0.2, 0.25) is 0 Å². The van der Waals surface area contributed by atoms with E-state index >= 15 is 0 Å². The summed E-state index contributed by atoms with van der Waals surface area (Å²) in [6.07, 6.45) is 11.8. The van der Waals surface area contributed by atoms with Gasteiger partial charge in [-0.05, 0) is 43.4 Å². The third kappa shape index (κ3) is 1.36. The van der Waals surface area contributed by atoms with Crippen molar-refractivity contribution in [1.82, 2.24) is 0 Å². The average Bonchev–Trinajstić information content (AvgIpc) is 2.60. The Labute approximate surface area is 69.7 Å². The molecule has 2 unspecified atom stereocenters. The summed E-state index contributed by atoms with van der Waals surface area (Å²) in [5.74, 6) is 3.34. The number of allylic oxidation sites excluding steroid dienone is 2. The van der Waals surface area contributed by atoms with Crippen molar-refractivity contribution >= 4 is 0 Å². The summed E-state index contributed by atoms with van der Waals surface area (Å²) in [6.45, 7) is 2.35. The van der Waals surface area contributed by atoms with E-state index in [1.807, 2.05) is 0 Å². The monoisotopic (exact) mass is 150 g/mol. The molecule has 2 rings (SSSR count). The van der Waals surface area contributed by atoms with E-state index in [9.17, 15) is 0 Å². The molecule has 0 aliphatic heterocycles. The molecule has 2 aliphatic carbocycles. The summed E-state index contributed by atoms with van der Waals surface area (Å²) < 4.78 is 0. The highest BCUT2D eigenvalue weighted by molar-refractivity contribution is 5.00. The summed E-state index contributed by atoms with van der Waals surface area (Å²) >= 11 is 0. The van der Waals surface area contributed by atoms with Crippen molar-refractivity contribution in [1.29, 1.82) is 0 Å². The molecule has 0 spiro atoms. The molecule has 0 radical (unpaired) electrons. The van der Waals surface area contributed by atoms with Crippen LogP contribution in [0.25, 0.3) is 0 Å². The second-order valence-corrected chi connectivity index (χ2v) is 4.03. The van der Waals surface area contributed by atoms with Gasteiger partial charge in [0, 0.05) is 0 Å². The van der Waals surface area contributed by atoms with E-state index in [-0.39, 0.29) is 0 Å². The zero-order valence-corrected chi connectivity index (χ0v) is 7.42. The molecule has 0 aromatic heterocycles. The summed E-state index contributed by atoms with van der Waals surface area (Å²) in [7, 11) is 0. The Morgan fingerprint density at radius 3 is 2.09 bits per heavy atom. The van der Waals surface area contributed by atoms with Gasteiger partial charge in [0.2, 0.25) is 0 Å². The molecule has 1 fully saturated rings. The van der Waals surface area contributed by atoms with E-state index in [2.05, 4.69) is 19.1 Å². The van der Waals surface area contributed by atoms with Crippen LogP contribution in [0.15, 0.2) is 12.2 Å². The maximum Gasteiger partial charge on any atom is -0.0348 e. The van der Waals surface area contributed by atoms with Gasteiger partial charge in [-0.25, -0.2) is 0 Å². The first-order valence-electron chi connectivity index (χ1n) is 5.08. The fourth-order valence-corrected chi connectivity index (χ4v) is 2.80. The van der Waals surface area contributed by atoms with Crippen LogP contribution in [0, 0.1) is 17.8 Å². The van der Waals surface area contributed by atoms with Gasteiger partial charge in [0.1, 0.15) is 0 Å². The third-order valence-electron chi connectivity index (χ3n) is 3.48. The van der Waals surface area contributed by atoms with Gasteiger partial charge in [0.25, 0.3) is 0 Å². The molecule has 0 nitrogen and oxygen atoms in total. The largest absolute Gasteiger partial charge is 0.0885 e. The predicted octanol–water partition coefficient (Wildman–Crippen LogP) is 3.39. The van der Waals surface area contributed by atoms with Gasteiger partial charge in [-0.2, -0.15) is 0 Å². The first kappa shape index (κ1) is 7.39. The van der Waals surface area contributed by atoms with Gasteiger partial charge in [-0.15, -0.1) is 0 Å². The number of hydrogen-bond acceptors (Lipinski definition) is 0. The molecule has 0 heteroatoms. The molecular formula is C11H18. The minimum atomic E-state index is 1.11. The molecule has 2 aliphatic rings. The fraction of sp³-hybridized carbons (Fsp3) is 0.818. The maximum atomic E-state index is 2.38. The van der Waals surface area contributed by atoms with Gasteiger partial charge in [0.05, 0.1) is 0 Å². The average molecular weight is 150 g/mol. The SMILES string of the molecule is CCC1C2CC/C=C\CCC12. The van der Waals surface area contributed by atoms with Gasteiger partial charge in [-0.3, -0.25) is 0 Å². The van der Waals surface area contributed by atoms with Crippen LogP contribution in [0.1, 0.15) is 39.0 Å². The summed E-state index contributed by atoms with van der Waals surface area (Å²) in [5, 5.41) is 0. The minimum absolute atomic E-state index is 1.11. The Morgan fingerprint density at radius 2 is 1.64 bits per heavy atom. The quantitative estimate of drug-likeness (QED) is 0.503. The van der Waals surface area contributed by atoms with Gasteiger partial charge in [-0.1, -0.05) is 25.5 Å². The smallest absolute Gasteiger partial charge is 0.0348 e. The lowest BCUT2D eigenvalue weighted by Gasteiger charge is -1.99. The van der Waals surface area contributed by atoms with Crippen molar-refractivity contribution in [3.63, 3.8) is 0 Å². The number of fused-ring (bicyclic) bond motifs is 1. The first-order valence-corrected chi connectivity index (χ1v) is 5.08. The van der Waals surface area contributed by atoms with E-state index in [0.717, 1.165) is 17.8 Å². The van der Waals surface area contributed by atoms with Crippen molar-refractivity contribution in [2.45, 2.75) is 39.0 Å². The Bertz CT molecular complexity index is 141. The Kier molecular flexibility index (Phi) is 2.02. The summed E-state index contributed by atoms with van der Waals surface area (Å²) in [5.41, 5.74) is 0. The third-order valence-corrected chi connectivity index (χ3v) is 3.48. The Hall–Kier alpha value is -0.260. The summed E-state index contributed by atoms with van der Waals surface area (Å²) in [4.78, 5) is 0. The maximum absolute atomic E-state index is 2.38. The van der Waals surface area contributed by atoms with Crippen LogP contribution >= 0.6 is 0 Å². The minimum Gasteiger partial charge on any atom is -0.0885 e. The number of hydrogen-bond donors (Lipinski definition) is 0. The highest BCUT2D eigenvalue weighted by Crippen LogP contribution is 2.54. The van der Waals surface area contributed by atoms with Crippen molar-refractivity contribution in [2.24, 2.45) is 17.8 Å². The molecular weight excluding hydrogens is 132 g/mol. The van der Waals surface area contributed by atoms with Crippen LogP contribution in [-0.2, 0) is 0 Å². The molecule has 0 aromatic rings. The molecule has 1 saturated carbocycles. The topological polar surface area (TPSA) is 0 Å². The molecule has 0 bridgehead atoms. The van der Waals surface area contributed by atoms with Crippen LogP contribution in [-0.4, -0.2) is 0 Å². The highest BCUT2D eigenvalue weighted by Gasteiger charge is 2.46. The number of rotatable bonds is 1. The molecule has 2 atom stereocenters. The van der Waals surface area contributed by atoms with E-state index < -0.39 is 0 Å². The van der Waals surface area contributed by atoms with Crippen molar-refractivity contribution in [2.75, 3.05) is 0 Å². The second kappa shape index (κ2) is 3.00. The van der Waals surface area contributed by atoms with Gasteiger partial charge < -0.3 is 0 Å². The highest BCUT2D eigenvalue weighted by atomic mass is 14.5. The van der Waals surface area contributed by atoms with E-state index in [1.54, 1.807) is 0 Å². The molecule has 62 valence electrons. The first-order chi connectivity index (χ1) is 5.43. The lowest BCUT2D eigenvalue weighted by Crippen LogP contribution is -1.85. The van der Waals surface area contributed by atoms with Crippen LogP contribution in [0.5, 0.6) is 0 Å². The molecule has 0 aromatic carbocycles.